The Kier molecular flexibility index (Phi) is 7.84. The molecule has 39 heavy (non-hydrogen) atoms. The van der Waals surface area contributed by atoms with Crippen molar-refractivity contribution in [2.24, 2.45) is 0 Å². The van der Waals surface area contributed by atoms with Crippen LogP contribution in [0.2, 0.25) is 0 Å². The molecule has 0 unspecified atom stereocenters. The van der Waals surface area contributed by atoms with Crippen LogP contribution >= 0.6 is 0 Å². The largest absolute Gasteiger partial charge is 0.494 e. The molecule has 2 aromatic carbocycles. The highest BCUT2D eigenvalue weighted by atomic mass is 16.5. The summed E-state index contributed by atoms with van der Waals surface area (Å²) in [6, 6.07) is 19.8. The number of aryl methyl sites for hydroxylation is 3. The molecule has 2 aliphatic rings. The van der Waals surface area contributed by atoms with E-state index in [-0.39, 0.29) is 6.61 Å². The minimum Gasteiger partial charge on any atom is -0.494 e. The molecular formula is C33H40N4O2. The van der Waals surface area contributed by atoms with E-state index in [1.165, 1.54) is 45.3 Å². The number of rotatable bonds is 10. The SMILES string of the molecule is Cc1ccnc(N2CCN(CCc3c(-c4ccc(OCCCCO)cc4)n4c5c(cccc35)CCC4)CC2)c1. The average molecular weight is 525 g/mol. The van der Waals surface area contributed by atoms with E-state index in [0.29, 0.717) is 6.61 Å². The molecule has 0 saturated carbocycles. The number of unbranched alkanes of at least 4 members (excludes halogenated alkanes) is 1. The van der Waals surface area contributed by atoms with Gasteiger partial charge in [-0.05, 0) is 97.7 Å². The van der Waals surface area contributed by atoms with Gasteiger partial charge in [-0.3, -0.25) is 4.90 Å². The molecule has 4 aromatic rings. The maximum atomic E-state index is 9.01. The van der Waals surface area contributed by atoms with Crippen molar-refractivity contribution in [3.63, 3.8) is 0 Å². The van der Waals surface area contributed by atoms with Gasteiger partial charge in [-0.25, -0.2) is 4.98 Å². The van der Waals surface area contributed by atoms with Crippen molar-refractivity contribution < 1.29 is 9.84 Å². The highest BCUT2D eigenvalue weighted by molar-refractivity contribution is 5.94. The second-order valence-corrected chi connectivity index (χ2v) is 11.0. The van der Waals surface area contributed by atoms with E-state index in [4.69, 9.17) is 9.84 Å². The smallest absolute Gasteiger partial charge is 0.128 e. The summed E-state index contributed by atoms with van der Waals surface area (Å²) in [7, 11) is 0. The molecule has 0 radical (unpaired) electrons. The molecule has 1 fully saturated rings. The van der Waals surface area contributed by atoms with E-state index in [1.54, 1.807) is 0 Å². The number of pyridine rings is 1. The molecule has 0 atom stereocenters. The van der Waals surface area contributed by atoms with Gasteiger partial charge < -0.3 is 19.3 Å². The van der Waals surface area contributed by atoms with Crippen LogP contribution < -0.4 is 9.64 Å². The van der Waals surface area contributed by atoms with Crippen molar-refractivity contribution in [3.8, 4) is 17.0 Å². The number of hydrogen-bond acceptors (Lipinski definition) is 5. The Balaban J connectivity index is 1.21. The van der Waals surface area contributed by atoms with E-state index in [0.717, 1.165) is 76.5 Å². The Hall–Kier alpha value is -3.35. The number of benzene rings is 2. The summed E-state index contributed by atoms with van der Waals surface area (Å²) in [5.74, 6) is 2.00. The van der Waals surface area contributed by atoms with Gasteiger partial charge >= 0.3 is 0 Å². The molecule has 0 spiro atoms. The van der Waals surface area contributed by atoms with Gasteiger partial charge in [-0.2, -0.15) is 0 Å². The van der Waals surface area contributed by atoms with E-state index >= 15 is 0 Å². The summed E-state index contributed by atoms with van der Waals surface area (Å²) in [4.78, 5) is 9.64. The first kappa shape index (κ1) is 25.9. The summed E-state index contributed by atoms with van der Waals surface area (Å²) in [6.45, 7) is 9.32. The Morgan fingerprint density at radius 3 is 2.59 bits per heavy atom. The van der Waals surface area contributed by atoms with E-state index in [9.17, 15) is 0 Å². The van der Waals surface area contributed by atoms with Crippen molar-refractivity contribution >= 4 is 16.7 Å². The second kappa shape index (κ2) is 11.8. The number of nitrogens with zero attached hydrogens (tertiary/aromatic N) is 4. The van der Waals surface area contributed by atoms with E-state index < -0.39 is 0 Å². The lowest BCUT2D eigenvalue weighted by atomic mass is 10.00. The molecule has 6 rings (SSSR count). The van der Waals surface area contributed by atoms with Gasteiger partial charge in [0.25, 0.3) is 0 Å². The Labute approximate surface area is 231 Å². The quantitative estimate of drug-likeness (QED) is 0.279. The molecule has 6 heteroatoms. The maximum absolute atomic E-state index is 9.01. The van der Waals surface area contributed by atoms with Crippen LogP contribution in [0.15, 0.2) is 60.8 Å². The van der Waals surface area contributed by atoms with Gasteiger partial charge in [-0.15, -0.1) is 0 Å². The molecule has 2 aromatic heterocycles. The molecule has 0 amide bonds. The monoisotopic (exact) mass is 524 g/mol. The van der Waals surface area contributed by atoms with Crippen LogP contribution in [0, 0.1) is 6.92 Å². The number of ether oxygens (including phenoxy) is 1. The number of piperazine rings is 1. The van der Waals surface area contributed by atoms with Gasteiger partial charge in [-0.1, -0.05) is 18.2 Å². The molecule has 2 aliphatic heterocycles. The second-order valence-electron chi connectivity index (χ2n) is 11.0. The van der Waals surface area contributed by atoms with Crippen LogP contribution in [0.3, 0.4) is 0 Å². The Bertz CT molecular complexity index is 1400. The van der Waals surface area contributed by atoms with Crippen molar-refractivity contribution in [1.82, 2.24) is 14.5 Å². The topological polar surface area (TPSA) is 53.8 Å². The summed E-state index contributed by atoms with van der Waals surface area (Å²) in [5.41, 5.74) is 8.32. The van der Waals surface area contributed by atoms with Gasteiger partial charge in [0.05, 0.1) is 17.8 Å². The Morgan fingerprint density at radius 2 is 1.79 bits per heavy atom. The third-order valence-electron chi connectivity index (χ3n) is 8.32. The third-order valence-corrected chi connectivity index (χ3v) is 8.32. The van der Waals surface area contributed by atoms with Crippen LogP contribution in [0.5, 0.6) is 5.75 Å². The summed E-state index contributed by atoms with van der Waals surface area (Å²) in [6.07, 6.45) is 6.97. The lowest BCUT2D eigenvalue weighted by molar-refractivity contribution is 0.253. The van der Waals surface area contributed by atoms with Crippen molar-refractivity contribution in [2.45, 2.75) is 45.6 Å². The fourth-order valence-electron chi connectivity index (χ4n) is 6.27. The first-order valence-electron chi connectivity index (χ1n) is 14.6. The summed E-state index contributed by atoms with van der Waals surface area (Å²) < 4.78 is 8.50. The maximum Gasteiger partial charge on any atom is 0.128 e. The average Bonchev–Trinajstić information content (AvgIpc) is 3.30. The van der Waals surface area contributed by atoms with Gasteiger partial charge in [0.1, 0.15) is 11.6 Å². The van der Waals surface area contributed by atoms with Crippen molar-refractivity contribution in [3.05, 3.63) is 77.5 Å². The summed E-state index contributed by atoms with van der Waals surface area (Å²) >= 11 is 0. The molecular weight excluding hydrogens is 484 g/mol. The van der Waals surface area contributed by atoms with Crippen molar-refractivity contribution in [2.75, 3.05) is 50.8 Å². The lowest BCUT2D eigenvalue weighted by Crippen LogP contribution is -2.47. The number of anilines is 1. The fourth-order valence-corrected chi connectivity index (χ4v) is 6.27. The number of para-hydroxylation sites is 1. The first-order valence-corrected chi connectivity index (χ1v) is 14.6. The normalized spacial score (nSPS) is 15.7. The van der Waals surface area contributed by atoms with Crippen LogP contribution in [0.1, 0.15) is 36.0 Å². The number of aliphatic hydroxyl groups is 1. The van der Waals surface area contributed by atoms with E-state index in [1.807, 2.05) is 6.20 Å². The summed E-state index contributed by atoms with van der Waals surface area (Å²) in [5, 5.41) is 10.4. The fraction of sp³-hybridized carbons (Fsp3) is 0.424. The molecule has 6 nitrogen and oxygen atoms in total. The van der Waals surface area contributed by atoms with Crippen LogP contribution in [0.4, 0.5) is 5.82 Å². The zero-order valence-electron chi connectivity index (χ0n) is 23.1. The number of aromatic nitrogens is 2. The lowest BCUT2D eigenvalue weighted by Gasteiger charge is -2.35. The number of hydrogen-bond donors (Lipinski definition) is 1. The molecule has 4 heterocycles. The van der Waals surface area contributed by atoms with Gasteiger partial charge in [0.15, 0.2) is 0 Å². The zero-order chi connectivity index (χ0) is 26.6. The Morgan fingerprint density at radius 1 is 0.949 bits per heavy atom. The van der Waals surface area contributed by atoms with Crippen LogP contribution in [0.25, 0.3) is 22.2 Å². The highest BCUT2D eigenvalue weighted by Crippen LogP contribution is 2.39. The van der Waals surface area contributed by atoms with Crippen LogP contribution in [-0.4, -0.2) is 65.5 Å². The molecule has 0 aliphatic carbocycles. The molecule has 1 saturated heterocycles. The van der Waals surface area contributed by atoms with Crippen LogP contribution in [-0.2, 0) is 19.4 Å². The number of aliphatic hydroxyl groups excluding tert-OH is 1. The minimum absolute atomic E-state index is 0.219. The predicted molar refractivity (Wildman–Crippen MR) is 159 cm³/mol. The van der Waals surface area contributed by atoms with Crippen molar-refractivity contribution in [1.29, 1.82) is 0 Å². The van der Waals surface area contributed by atoms with E-state index in [2.05, 4.69) is 80.9 Å². The first-order chi connectivity index (χ1) is 19.2. The molecule has 204 valence electrons. The zero-order valence-corrected chi connectivity index (χ0v) is 23.1. The van der Waals surface area contributed by atoms with Gasteiger partial charge in [0, 0.05) is 57.5 Å². The standard InChI is InChI=1S/C33H40N4O2/c1-25-13-15-34-31(24-25)36-20-18-35(19-21-36)17-14-30-29-8-4-6-26-7-5-16-37(32(26)29)33(30)27-9-11-28(12-10-27)39-23-3-2-22-38/h4,6,8-13,15,24,38H,2-3,5,7,14,16-23H2,1H3. The molecule has 0 bridgehead atoms. The van der Waals surface area contributed by atoms with Gasteiger partial charge in [0.2, 0.25) is 0 Å². The molecule has 1 N–H and O–H groups in total. The highest BCUT2D eigenvalue weighted by Gasteiger charge is 2.24. The minimum atomic E-state index is 0.219. The predicted octanol–water partition coefficient (Wildman–Crippen LogP) is 5.47. The third kappa shape index (κ3) is 5.54.